The number of hydrogen-bond acceptors (Lipinski definition) is 6. The molecule has 2 fully saturated rings. The molecule has 40 heavy (non-hydrogen) atoms. The summed E-state index contributed by atoms with van der Waals surface area (Å²) in [6.07, 6.45) is 6.91. The number of anilines is 1. The van der Waals surface area contributed by atoms with Crippen molar-refractivity contribution in [3.05, 3.63) is 88.1 Å². The number of amides is 1. The van der Waals surface area contributed by atoms with Crippen molar-refractivity contribution in [3.8, 4) is 11.8 Å². The first-order valence-electron chi connectivity index (χ1n) is 14.1. The average Bonchev–Trinajstić information content (AvgIpc) is 3.68. The summed E-state index contributed by atoms with van der Waals surface area (Å²) in [5.41, 5.74) is 7.74. The Labute approximate surface area is 235 Å². The van der Waals surface area contributed by atoms with Crippen LogP contribution in [0.15, 0.2) is 48.8 Å². The lowest BCUT2D eigenvalue weighted by atomic mass is 10.1. The van der Waals surface area contributed by atoms with Gasteiger partial charge in [0.25, 0.3) is 5.91 Å². The van der Waals surface area contributed by atoms with E-state index in [4.69, 9.17) is 5.10 Å². The standard InChI is InChI=1S/C32H35N7O/c1-22-16-28(8-6-26(22)21-38-14-12-37(3)13-15-38)35-32(40)27-18-25(23(2)33-19-27)7-10-30-20-34-31-11-9-29(36-39(30)31)17-24-4-5-24/h6,8-9,11,16,18-20,24H,4-5,12-15,17,21H2,1-3H3,(H,35,40). The highest BCUT2D eigenvalue weighted by Gasteiger charge is 2.22. The summed E-state index contributed by atoms with van der Waals surface area (Å²) < 4.78 is 1.81. The summed E-state index contributed by atoms with van der Waals surface area (Å²) in [6.45, 7) is 9.29. The molecule has 1 amide bonds. The normalized spacial score (nSPS) is 16.1. The van der Waals surface area contributed by atoms with Gasteiger partial charge in [0.2, 0.25) is 0 Å². The molecule has 8 heteroatoms. The minimum atomic E-state index is -0.206. The number of carbonyl (C=O) groups is 1. The molecule has 1 aliphatic carbocycles. The monoisotopic (exact) mass is 533 g/mol. The second kappa shape index (κ2) is 11.2. The van der Waals surface area contributed by atoms with Crippen LogP contribution in [0.2, 0.25) is 0 Å². The SMILES string of the molecule is Cc1cc(NC(=O)c2cnc(C)c(C#Cc3cnc4ccc(CC5CC5)nn34)c2)ccc1CN1CCN(C)CC1. The molecule has 3 aromatic heterocycles. The van der Waals surface area contributed by atoms with Gasteiger partial charge in [0.15, 0.2) is 5.65 Å². The Bertz CT molecular complexity index is 1620. The van der Waals surface area contributed by atoms with E-state index in [-0.39, 0.29) is 5.91 Å². The van der Waals surface area contributed by atoms with Crippen LogP contribution in [0.4, 0.5) is 5.69 Å². The van der Waals surface area contributed by atoms with Gasteiger partial charge in [-0.15, -0.1) is 0 Å². The van der Waals surface area contributed by atoms with E-state index < -0.39 is 0 Å². The zero-order valence-corrected chi connectivity index (χ0v) is 23.4. The second-order valence-corrected chi connectivity index (χ2v) is 11.2. The molecule has 2 aliphatic rings. The number of likely N-dealkylation sites (N-methyl/N-ethyl adjacent to an activating group) is 1. The number of nitrogens with one attached hydrogen (secondary N) is 1. The molecule has 0 radical (unpaired) electrons. The number of carbonyl (C=O) groups excluding carboxylic acids is 1. The fraction of sp³-hybridized carbons (Fsp3) is 0.375. The van der Waals surface area contributed by atoms with Crippen molar-refractivity contribution in [2.24, 2.45) is 5.92 Å². The number of fused-ring (bicyclic) bond motifs is 1. The maximum atomic E-state index is 13.1. The fourth-order valence-electron chi connectivity index (χ4n) is 5.04. The van der Waals surface area contributed by atoms with Gasteiger partial charge in [-0.05, 0) is 93.5 Å². The van der Waals surface area contributed by atoms with Gasteiger partial charge in [-0.25, -0.2) is 9.50 Å². The first-order chi connectivity index (χ1) is 19.4. The lowest BCUT2D eigenvalue weighted by Gasteiger charge is -2.32. The molecule has 8 nitrogen and oxygen atoms in total. The Morgan fingerprint density at radius 2 is 1.82 bits per heavy atom. The number of benzene rings is 1. The number of piperazine rings is 1. The molecule has 1 aliphatic heterocycles. The van der Waals surface area contributed by atoms with Crippen molar-refractivity contribution in [3.63, 3.8) is 0 Å². The van der Waals surface area contributed by atoms with Crippen LogP contribution in [0.1, 0.15) is 57.0 Å². The number of aromatic nitrogens is 4. The molecule has 4 heterocycles. The third kappa shape index (κ3) is 6.06. The van der Waals surface area contributed by atoms with Crippen molar-refractivity contribution in [2.75, 3.05) is 38.5 Å². The van der Waals surface area contributed by atoms with Crippen LogP contribution >= 0.6 is 0 Å². The predicted molar refractivity (Wildman–Crippen MR) is 156 cm³/mol. The van der Waals surface area contributed by atoms with E-state index in [0.717, 1.165) is 67.8 Å². The highest BCUT2D eigenvalue weighted by Crippen LogP contribution is 2.32. The summed E-state index contributed by atoms with van der Waals surface area (Å²) in [6, 6.07) is 12.0. The maximum Gasteiger partial charge on any atom is 0.257 e. The van der Waals surface area contributed by atoms with E-state index in [0.29, 0.717) is 16.8 Å². The van der Waals surface area contributed by atoms with Crippen LogP contribution in [-0.4, -0.2) is 68.5 Å². The maximum absolute atomic E-state index is 13.1. The Balaban J connectivity index is 1.15. The van der Waals surface area contributed by atoms with Crippen LogP contribution in [0.5, 0.6) is 0 Å². The number of pyridine rings is 1. The summed E-state index contributed by atoms with van der Waals surface area (Å²) >= 11 is 0. The molecule has 1 saturated heterocycles. The topological polar surface area (TPSA) is 78.7 Å². The van der Waals surface area contributed by atoms with Crippen molar-refractivity contribution in [2.45, 2.75) is 39.7 Å². The summed E-state index contributed by atoms with van der Waals surface area (Å²) in [4.78, 5) is 26.9. The van der Waals surface area contributed by atoms with Crippen LogP contribution in [0.25, 0.3) is 5.65 Å². The number of aryl methyl sites for hydroxylation is 2. The second-order valence-electron chi connectivity index (χ2n) is 11.2. The fourth-order valence-corrected chi connectivity index (χ4v) is 5.04. The number of imidazole rings is 1. The average molecular weight is 534 g/mol. The summed E-state index contributed by atoms with van der Waals surface area (Å²) in [5.74, 6) is 6.95. The molecule has 0 spiro atoms. The summed E-state index contributed by atoms with van der Waals surface area (Å²) in [5, 5.41) is 7.79. The molecule has 0 bridgehead atoms. The number of rotatable bonds is 6. The molecule has 0 unspecified atom stereocenters. The van der Waals surface area contributed by atoms with Crippen LogP contribution in [0.3, 0.4) is 0 Å². The molecule has 6 rings (SSSR count). The highest BCUT2D eigenvalue weighted by atomic mass is 16.1. The minimum absolute atomic E-state index is 0.206. The van der Waals surface area contributed by atoms with E-state index >= 15 is 0 Å². The van der Waals surface area contributed by atoms with E-state index in [1.54, 1.807) is 23.0 Å². The zero-order chi connectivity index (χ0) is 27.6. The molecular weight excluding hydrogens is 498 g/mol. The number of nitrogens with zero attached hydrogens (tertiary/aromatic N) is 6. The van der Waals surface area contributed by atoms with E-state index in [9.17, 15) is 4.79 Å². The zero-order valence-electron chi connectivity index (χ0n) is 23.4. The Morgan fingerprint density at radius 3 is 2.60 bits per heavy atom. The van der Waals surface area contributed by atoms with Crippen molar-refractivity contribution >= 4 is 17.2 Å². The first-order valence-corrected chi connectivity index (χ1v) is 14.1. The van der Waals surface area contributed by atoms with E-state index in [1.807, 2.05) is 25.1 Å². The minimum Gasteiger partial charge on any atom is -0.322 e. The Morgan fingerprint density at radius 1 is 1.00 bits per heavy atom. The van der Waals surface area contributed by atoms with Gasteiger partial charge >= 0.3 is 0 Å². The molecule has 4 aromatic rings. The van der Waals surface area contributed by atoms with Gasteiger partial charge in [0.1, 0.15) is 5.69 Å². The smallest absolute Gasteiger partial charge is 0.257 e. The highest BCUT2D eigenvalue weighted by molar-refractivity contribution is 6.04. The van der Waals surface area contributed by atoms with Crippen molar-refractivity contribution < 1.29 is 4.79 Å². The molecule has 1 saturated carbocycles. The molecular formula is C32H35N7O. The van der Waals surface area contributed by atoms with Gasteiger partial charge in [-0.1, -0.05) is 12.0 Å². The molecule has 1 aromatic carbocycles. The molecule has 1 N–H and O–H groups in total. The molecule has 0 atom stereocenters. The largest absolute Gasteiger partial charge is 0.322 e. The van der Waals surface area contributed by atoms with E-state index in [1.165, 1.54) is 24.0 Å². The van der Waals surface area contributed by atoms with Gasteiger partial charge in [-0.2, -0.15) is 5.10 Å². The van der Waals surface area contributed by atoms with Crippen molar-refractivity contribution in [1.29, 1.82) is 0 Å². The van der Waals surface area contributed by atoms with E-state index in [2.05, 4.69) is 63.0 Å². The Hall–Kier alpha value is -4.06. The van der Waals surface area contributed by atoms with Crippen LogP contribution < -0.4 is 5.32 Å². The van der Waals surface area contributed by atoms with Gasteiger partial charge in [0, 0.05) is 50.2 Å². The van der Waals surface area contributed by atoms with Crippen LogP contribution in [-0.2, 0) is 13.0 Å². The lowest BCUT2D eigenvalue weighted by molar-refractivity contribution is 0.102. The van der Waals surface area contributed by atoms with Crippen molar-refractivity contribution in [1.82, 2.24) is 29.4 Å². The third-order valence-electron chi connectivity index (χ3n) is 7.88. The third-order valence-corrected chi connectivity index (χ3v) is 7.88. The first kappa shape index (κ1) is 26.2. The van der Waals surface area contributed by atoms with Gasteiger partial charge in [0.05, 0.1) is 23.1 Å². The quantitative estimate of drug-likeness (QED) is 0.376. The molecule has 204 valence electrons. The Kier molecular flexibility index (Phi) is 7.33. The number of hydrogen-bond donors (Lipinski definition) is 1. The lowest BCUT2D eigenvalue weighted by Crippen LogP contribution is -2.43. The van der Waals surface area contributed by atoms with Crippen LogP contribution in [0, 0.1) is 31.6 Å². The van der Waals surface area contributed by atoms with Gasteiger partial charge in [-0.3, -0.25) is 14.7 Å². The van der Waals surface area contributed by atoms with Gasteiger partial charge < -0.3 is 10.2 Å². The summed E-state index contributed by atoms with van der Waals surface area (Å²) in [7, 11) is 2.17. The predicted octanol–water partition coefficient (Wildman–Crippen LogP) is 4.09.